The smallest absolute Gasteiger partial charge is 0.0662 e. The topological polar surface area (TPSA) is 58.9 Å². The number of halogens is 4. The Balaban J connectivity index is -0.000000196. The molecule has 0 aromatic heterocycles. The maximum atomic E-state index is 7.62. The molecule has 4 nitrogen and oxygen atoms in total. The zero-order valence-electron chi connectivity index (χ0n) is 10.3. The summed E-state index contributed by atoms with van der Waals surface area (Å²) in [5, 5.41) is 15.2. The van der Waals surface area contributed by atoms with Crippen LogP contribution in [0.25, 0.3) is 0 Å². The van der Waals surface area contributed by atoms with Crippen LogP contribution in [-0.4, -0.2) is 73.4 Å². The summed E-state index contributed by atoms with van der Waals surface area (Å²) >= 11 is 21.1. The summed E-state index contributed by atoms with van der Waals surface area (Å²) in [6.45, 7) is 2.17. The van der Waals surface area contributed by atoms with Crippen LogP contribution in [0.3, 0.4) is 0 Å². The third-order valence-electron chi connectivity index (χ3n) is 0.986. The van der Waals surface area contributed by atoms with E-state index in [9.17, 15) is 0 Å². The predicted molar refractivity (Wildman–Crippen MR) is 78.7 cm³/mol. The lowest BCUT2D eigenvalue weighted by atomic mass is 10.8. The van der Waals surface area contributed by atoms with Gasteiger partial charge < -0.3 is 19.7 Å². The molecule has 114 valence electrons. The number of hydrogen-bond donors (Lipinski definition) is 2. The van der Waals surface area contributed by atoms with Crippen molar-refractivity contribution >= 4 is 46.4 Å². The van der Waals surface area contributed by atoms with Gasteiger partial charge in [0.05, 0.1) is 39.6 Å². The summed E-state index contributed by atoms with van der Waals surface area (Å²) in [6.07, 6.45) is 0. The van der Waals surface area contributed by atoms with Gasteiger partial charge in [-0.05, 0) is 0 Å². The van der Waals surface area contributed by atoms with E-state index < -0.39 is 0 Å². The molecular formula is C10H22Cl4O4. The van der Waals surface area contributed by atoms with Gasteiger partial charge in [0.1, 0.15) is 0 Å². The fraction of sp³-hybridized carbons (Fsp3) is 1.00. The minimum atomic E-state index is -0.125. The Hall–Kier alpha value is 1.000. The van der Waals surface area contributed by atoms with E-state index in [1.54, 1.807) is 0 Å². The first-order valence-electron chi connectivity index (χ1n) is 5.36. The van der Waals surface area contributed by atoms with Crippen molar-refractivity contribution in [3.8, 4) is 0 Å². The van der Waals surface area contributed by atoms with Crippen LogP contribution in [0, 0.1) is 0 Å². The molecule has 0 fully saturated rings. The summed E-state index contributed by atoms with van der Waals surface area (Å²) in [6, 6.07) is 0. The summed E-state index contributed by atoms with van der Waals surface area (Å²) in [5.74, 6) is 2.21. The van der Waals surface area contributed by atoms with E-state index in [0.717, 1.165) is 0 Å². The zero-order valence-corrected chi connectivity index (χ0v) is 13.3. The maximum Gasteiger partial charge on any atom is 0.0662 e. The van der Waals surface area contributed by atoms with Crippen molar-refractivity contribution < 1.29 is 19.7 Å². The van der Waals surface area contributed by atoms with Crippen molar-refractivity contribution in [2.75, 3.05) is 63.2 Å². The van der Waals surface area contributed by atoms with E-state index in [2.05, 4.69) is 0 Å². The molecule has 0 amide bonds. The molecule has 8 heteroatoms. The standard InChI is InChI=1S/2C4H8Cl2O.C2H6O2/c2*5-1-3-7-4-2-6;3-1-2-4/h2*1-4H2;3-4H,1-2H2. The largest absolute Gasteiger partial charge is 0.394 e. The molecule has 0 radical (unpaired) electrons. The molecular weight excluding hydrogens is 326 g/mol. The minimum Gasteiger partial charge on any atom is -0.394 e. The van der Waals surface area contributed by atoms with Gasteiger partial charge in [0.15, 0.2) is 0 Å². The van der Waals surface area contributed by atoms with Crippen LogP contribution in [0.5, 0.6) is 0 Å². The molecule has 0 aliphatic heterocycles. The van der Waals surface area contributed by atoms with Crippen LogP contribution in [0.15, 0.2) is 0 Å². The van der Waals surface area contributed by atoms with Crippen LogP contribution >= 0.6 is 46.4 Å². The number of hydrogen-bond acceptors (Lipinski definition) is 4. The van der Waals surface area contributed by atoms with Gasteiger partial charge in [0.2, 0.25) is 0 Å². The molecule has 0 spiro atoms. The minimum absolute atomic E-state index is 0.125. The van der Waals surface area contributed by atoms with Crippen molar-refractivity contribution in [1.82, 2.24) is 0 Å². The van der Waals surface area contributed by atoms with Crippen LogP contribution in [0.2, 0.25) is 0 Å². The Morgan fingerprint density at radius 3 is 0.889 bits per heavy atom. The number of alkyl halides is 4. The number of aliphatic hydroxyl groups excluding tert-OH is 2. The van der Waals surface area contributed by atoms with Crippen molar-refractivity contribution in [2.24, 2.45) is 0 Å². The Labute approximate surface area is 129 Å². The van der Waals surface area contributed by atoms with Crippen LogP contribution < -0.4 is 0 Å². The molecule has 0 atom stereocenters. The summed E-state index contributed by atoms with van der Waals surface area (Å²) < 4.78 is 9.74. The Morgan fingerprint density at radius 2 is 0.778 bits per heavy atom. The Kier molecular flexibility index (Phi) is 41.1. The monoisotopic (exact) mass is 346 g/mol. The van der Waals surface area contributed by atoms with Crippen LogP contribution in [-0.2, 0) is 9.47 Å². The number of rotatable bonds is 9. The second kappa shape index (κ2) is 30.8. The lowest BCUT2D eigenvalue weighted by Gasteiger charge is -1.93. The Morgan fingerprint density at radius 1 is 0.556 bits per heavy atom. The molecule has 0 aliphatic rings. The molecule has 18 heavy (non-hydrogen) atoms. The van der Waals surface area contributed by atoms with E-state index in [4.69, 9.17) is 66.1 Å². The average Bonchev–Trinajstić information content (AvgIpc) is 2.41. The van der Waals surface area contributed by atoms with Crippen molar-refractivity contribution in [3.63, 3.8) is 0 Å². The van der Waals surface area contributed by atoms with E-state index in [1.807, 2.05) is 0 Å². The molecule has 0 unspecified atom stereocenters. The second-order valence-electron chi connectivity index (χ2n) is 2.43. The molecule has 0 saturated carbocycles. The lowest BCUT2D eigenvalue weighted by molar-refractivity contribution is 0.165. The van der Waals surface area contributed by atoms with Crippen LogP contribution in [0.4, 0.5) is 0 Å². The fourth-order valence-electron chi connectivity index (χ4n) is 0.422. The van der Waals surface area contributed by atoms with Gasteiger partial charge in [-0.1, -0.05) is 0 Å². The van der Waals surface area contributed by atoms with E-state index in [1.165, 1.54) is 0 Å². The zero-order chi connectivity index (χ0) is 14.5. The predicted octanol–water partition coefficient (Wildman–Crippen LogP) is 1.93. The molecule has 0 aliphatic carbocycles. The van der Waals surface area contributed by atoms with Gasteiger partial charge >= 0.3 is 0 Å². The SMILES string of the molecule is ClCCOCCCl.ClCCOCCCl.OCCO. The highest BCUT2D eigenvalue weighted by Gasteiger charge is 1.80. The van der Waals surface area contributed by atoms with E-state index in [-0.39, 0.29) is 13.2 Å². The highest BCUT2D eigenvalue weighted by atomic mass is 35.5. The number of aliphatic hydroxyl groups is 2. The van der Waals surface area contributed by atoms with Gasteiger partial charge in [-0.15, -0.1) is 46.4 Å². The third-order valence-corrected chi connectivity index (χ3v) is 1.60. The van der Waals surface area contributed by atoms with Crippen LogP contribution in [0.1, 0.15) is 0 Å². The van der Waals surface area contributed by atoms with Gasteiger partial charge in [-0.25, -0.2) is 0 Å². The molecule has 0 rings (SSSR count). The molecule has 0 bridgehead atoms. The first kappa shape index (κ1) is 24.0. The lowest BCUT2D eigenvalue weighted by Crippen LogP contribution is -1.97. The van der Waals surface area contributed by atoms with Crippen molar-refractivity contribution in [1.29, 1.82) is 0 Å². The quantitative estimate of drug-likeness (QED) is 0.494. The molecule has 0 aromatic carbocycles. The summed E-state index contributed by atoms with van der Waals surface area (Å²) in [7, 11) is 0. The maximum absolute atomic E-state index is 7.62. The second-order valence-corrected chi connectivity index (χ2v) is 3.94. The van der Waals surface area contributed by atoms with Gasteiger partial charge in [0.25, 0.3) is 0 Å². The molecule has 0 heterocycles. The van der Waals surface area contributed by atoms with Gasteiger partial charge in [0, 0.05) is 23.5 Å². The van der Waals surface area contributed by atoms with Gasteiger partial charge in [-0.3, -0.25) is 0 Å². The molecule has 0 aromatic rings. The highest BCUT2D eigenvalue weighted by Crippen LogP contribution is 1.80. The average molecular weight is 348 g/mol. The Bertz CT molecular complexity index is 91.9. The molecule has 0 saturated heterocycles. The first-order chi connectivity index (χ1) is 8.74. The van der Waals surface area contributed by atoms with Gasteiger partial charge in [-0.2, -0.15) is 0 Å². The number of ether oxygens (including phenoxy) is 2. The first-order valence-corrected chi connectivity index (χ1v) is 7.49. The molecule has 2 N–H and O–H groups in total. The normalized spacial score (nSPS) is 9.00. The third kappa shape index (κ3) is 43.5. The van der Waals surface area contributed by atoms with Crippen molar-refractivity contribution in [2.45, 2.75) is 0 Å². The highest BCUT2D eigenvalue weighted by molar-refractivity contribution is 6.18. The van der Waals surface area contributed by atoms with E-state index in [0.29, 0.717) is 49.9 Å². The summed E-state index contributed by atoms with van der Waals surface area (Å²) in [4.78, 5) is 0. The summed E-state index contributed by atoms with van der Waals surface area (Å²) in [5.41, 5.74) is 0. The van der Waals surface area contributed by atoms with E-state index >= 15 is 0 Å². The van der Waals surface area contributed by atoms with Crippen molar-refractivity contribution in [3.05, 3.63) is 0 Å². The fourth-order valence-corrected chi connectivity index (χ4v) is 0.859.